The van der Waals surface area contributed by atoms with Gasteiger partial charge in [-0.25, -0.2) is 4.99 Å². The number of rotatable bonds is 7. The number of nitrogens with one attached hydrogen (secondary N) is 2. The van der Waals surface area contributed by atoms with Crippen LogP contribution in [0.5, 0.6) is 5.75 Å². The maximum atomic E-state index is 12.1. The van der Waals surface area contributed by atoms with Crippen LogP contribution in [-0.2, 0) is 6.54 Å². The van der Waals surface area contributed by atoms with Crippen LogP contribution in [0.15, 0.2) is 53.5 Å². The Hall–Kier alpha value is -2.49. The Morgan fingerprint density at radius 3 is 2.31 bits per heavy atom. The summed E-state index contributed by atoms with van der Waals surface area (Å²) in [7, 11) is 1.69. The lowest BCUT2D eigenvalue weighted by molar-refractivity contribution is 0.0955. The van der Waals surface area contributed by atoms with Crippen LogP contribution in [0.4, 0.5) is 5.69 Å². The molecule has 0 atom stereocenters. The van der Waals surface area contributed by atoms with Gasteiger partial charge in [-0.1, -0.05) is 12.1 Å². The molecule has 0 aromatic heterocycles. The summed E-state index contributed by atoms with van der Waals surface area (Å²) in [5.41, 5.74) is 2.91. The van der Waals surface area contributed by atoms with Gasteiger partial charge in [0.25, 0.3) is 5.91 Å². The fourth-order valence-electron chi connectivity index (χ4n) is 3.64. The van der Waals surface area contributed by atoms with Gasteiger partial charge in [0.2, 0.25) is 0 Å². The lowest BCUT2D eigenvalue weighted by atomic mass is 10.1. The fourth-order valence-corrected chi connectivity index (χ4v) is 3.64. The second kappa shape index (κ2) is 13.1. The second-order valence-electron chi connectivity index (χ2n) is 7.40. The first-order chi connectivity index (χ1) is 15.1. The number of hydrogen-bond acceptors (Lipinski definition) is 4. The van der Waals surface area contributed by atoms with Crippen molar-refractivity contribution in [2.75, 3.05) is 51.3 Å². The van der Waals surface area contributed by atoms with Crippen molar-refractivity contribution in [2.24, 2.45) is 4.99 Å². The van der Waals surface area contributed by atoms with Gasteiger partial charge in [-0.3, -0.25) is 4.79 Å². The van der Waals surface area contributed by atoms with Crippen LogP contribution in [0.1, 0.15) is 29.8 Å². The summed E-state index contributed by atoms with van der Waals surface area (Å²) in [6, 6.07) is 15.9. The number of methoxy groups -OCH3 is 1. The molecule has 0 aliphatic carbocycles. The number of guanidine groups is 1. The van der Waals surface area contributed by atoms with Gasteiger partial charge >= 0.3 is 0 Å². The molecule has 1 amide bonds. The molecule has 0 bridgehead atoms. The van der Waals surface area contributed by atoms with E-state index in [0.29, 0.717) is 18.7 Å². The van der Waals surface area contributed by atoms with Crippen LogP contribution in [0.25, 0.3) is 0 Å². The molecule has 0 unspecified atom stereocenters. The highest BCUT2D eigenvalue weighted by Gasteiger charge is 2.20. The molecule has 2 aromatic carbocycles. The highest BCUT2D eigenvalue weighted by molar-refractivity contribution is 14.0. The number of halogens is 1. The summed E-state index contributed by atoms with van der Waals surface area (Å²) >= 11 is 0. The molecule has 0 radical (unpaired) electrons. The number of ether oxygens (including phenoxy) is 1. The molecule has 0 spiro atoms. The van der Waals surface area contributed by atoms with Gasteiger partial charge in [-0.2, -0.15) is 0 Å². The number of hydrogen-bond donors (Lipinski definition) is 2. The molecule has 0 saturated carbocycles. The summed E-state index contributed by atoms with van der Waals surface area (Å²) in [4.78, 5) is 21.6. The Labute approximate surface area is 208 Å². The lowest BCUT2D eigenvalue weighted by Gasteiger charge is -2.37. The van der Waals surface area contributed by atoms with E-state index in [1.807, 2.05) is 43.3 Å². The van der Waals surface area contributed by atoms with Crippen LogP contribution < -0.4 is 20.3 Å². The van der Waals surface area contributed by atoms with Gasteiger partial charge in [0.15, 0.2) is 5.96 Å². The maximum absolute atomic E-state index is 12.1. The zero-order valence-corrected chi connectivity index (χ0v) is 21.5. The number of aliphatic imine (C=N–C) groups is 1. The minimum atomic E-state index is -0.0464. The summed E-state index contributed by atoms with van der Waals surface area (Å²) in [5, 5.41) is 6.25. The summed E-state index contributed by atoms with van der Waals surface area (Å²) in [6.07, 6.45) is 0. The van der Waals surface area contributed by atoms with Crippen molar-refractivity contribution >= 4 is 41.5 Å². The van der Waals surface area contributed by atoms with Crippen molar-refractivity contribution in [3.05, 3.63) is 59.7 Å². The van der Waals surface area contributed by atoms with Gasteiger partial charge in [0.1, 0.15) is 5.75 Å². The summed E-state index contributed by atoms with van der Waals surface area (Å²) in [5.74, 6) is 1.75. The summed E-state index contributed by atoms with van der Waals surface area (Å²) < 4.78 is 5.25. The standard InChI is InChI=1S/C24H33N5O2.HI/c1-4-25-23(30)20-8-6-7-19(17-20)18-27-24(26-5-2)29-15-13-28(14-16-29)21-9-11-22(31-3)12-10-21;/h6-12,17H,4-5,13-16,18H2,1-3H3,(H,25,30)(H,26,27);1H. The van der Waals surface area contributed by atoms with E-state index in [1.54, 1.807) is 7.11 Å². The van der Waals surface area contributed by atoms with Crippen molar-refractivity contribution in [1.29, 1.82) is 0 Å². The molecule has 1 heterocycles. The second-order valence-corrected chi connectivity index (χ2v) is 7.40. The molecule has 8 heteroatoms. The molecule has 2 aromatic rings. The third-order valence-electron chi connectivity index (χ3n) is 5.29. The van der Waals surface area contributed by atoms with Crippen LogP contribution in [-0.4, -0.2) is 63.1 Å². The fraction of sp³-hybridized carbons (Fsp3) is 0.417. The van der Waals surface area contributed by atoms with E-state index >= 15 is 0 Å². The van der Waals surface area contributed by atoms with Crippen LogP contribution in [0, 0.1) is 0 Å². The van der Waals surface area contributed by atoms with Gasteiger partial charge in [0, 0.05) is 50.5 Å². The van der Waals surface area contributed by atoms with E-state index in [1.165, 1.54) is 5.69 Å². The monoisotopic (exact) mass is 551 g/mol. The summed E-state index contributed by atoms with van der Waals surface area (Å²) in [6.45, 7) is 9.64. The SMILES string of the molecule is CCNC(=O)c1cccc(CN=C(NCC)N2CCN(c3ccc(OC)cc3)CC2)c1.I. The third kappa shape index (κ3) is 7.01. The average Bonchev–Trinajstić information content (AvgIpc) is 2.82. The van der Waals surface area contributed by atoms with E-state index in [2.05, 4.69) is 39.5 Å². The molecule has 7 nitrogen and oxygen atoms in total. The minimum Gasteiger partial charge on any atom is -0.497 e. The van der Waals surface area contributed by atoms with Crippen molar-refractivity contribution in [3.8, 4) is 5.75 Å². The molecular formula is C24H34IN5O2. The Morgan fingerprint density at radius 1 is 1.00 bits per heavy atom. The zero-order valence-electron chi connectivity index (χ0n) is 19.1. The predicted octanol–water partition coefficient (Wildman–Crippen LogP) is 3.35. The molecule has 174 valence electrons. The van der Waals surface area contributed by atoms with Crippen molar-refractivity contribution in [2.45, 2.75) is 20.4 Å². The Bertz CT molecular complexity index is 880. The first kappa shape index (κ1) is 25.8. The largest absolute Gasteiger partial charge is 0.497 e. The average molecular weight is 551 g/mol. The smallest absolute Gasteiger partial charge is 0.251 e. The first-order valence-electron chi connectivity index (χ1n) is 10.9. The molecule has 1 fully saturated rings. The Morgan fingerprint density at radius 2 is 1.69 bits per heavy atom. The lowest BCUT2D eigenvalue weighted by Crippen LogP contribution is -2.52. The number of carbonyl (C=O) groups is 1. The van der Waals surface area contributed by atoms with E-state index in [9.17, 15) is 4.79 Å². The molecule has 1 saturated heterocycles. The zero-order chi connectivity index (χ0) is 22.1. The molecule has 1 aliphatic rings. The topological polar surface area (TPSA) is 69.2 Å². The van der Waals surface area contributed by atoms with Crippen molar-refractivity contribution in [1.82, 2.24) is 15.5 Å². The third-order valence-corrected chi connectivity index (χ3v) is 5.29. The van der Waals surface area contributed by atoms with Crippen LogP contribution in [0.3, 0.4) is 0 Å². The maximum Gasteiger partial charge on any atom is 0.251 e. The Kier molecular flexibility index (Phi) is 10.6. The number of carbonyl (C=O) groups excluding carboxylic acids is 1. The van der Waals surface area contributed by atoms with Gasteiger partial charge in [-0.05, 0) is 55.8 Å². The molecule has 32 heavy (non-hydrogen) atoms. The van der Waals surface area contributed by atoms with Crippen LogP contribution >= 0.6 is 24.0 Å². The number of benzene rings is 2. The number of nitrogens with zero attached hydrogens (tertiary/aromatic N) is 3. The van der Waals surface area contributed by atoms with E-state index < -0.39 is 0 Å². The quantitative estimate of drug-likeness (QED) is 0.314. The van der Waals surface area contributed by atoms with Crippen LogP contribution in [0.2, 0.25) is 0 Å². The predicted molar refractivity (Wildman–Crippen MR) is 141 cm³/mol. The molecule has 3 rings (SSSR count). The molecular weight excluding hydrogens is 517 g/mol. The number of piperazine rings is 1. The van der Waals surface area contributed by atoms with Gasteiger partial charge in [0.05, 0.1) is 13.7 Å². The molecule has 1 aliphatic heterocycles. The van der Waals surface area contributed by atoms with Crippen molar-refractivity contribution in [3.63, 3.8) is 0 Å². The normalized spacial score (nSPS) is 13.9. The van der Waals surface area contributed by atoms with E-state index in [-0.39, 0.29) is 29.9 Å². The van der Waals surface area contributed by atoms with E-state index in [4.69, 9.17) is 9.73 Å². The Balaban J connectivity index is 0.00000363. The van der Waals surface area contributed by atoms with Gasteiger partial charge < -0.3 is 25.2 Å². The highest BCUT2D eigenvalue weighted by Crippen LogP contribution is 2.20. The number of anilines is 1. The van der Waals surface area contributed by atoms with Gasteiger partial charge in [-0.15, -0.1) is 24.0 Å². The van der Waals surface area contributed by atoms with E-state index in [0.717, 1.165) is 50.0 Å². The first-order valence-corrected chi connectivity index (χ1v) is 10.9. The number of amides is 1. The highest BCUT2D eigenvalue weighted by atomic mass is 127. The van der Waals surface area contributed by atoms with Crippen molar-refractivity contribution < 1.29 is 9.53 Å². The minimum absolute atomic E-state index is 0. The molecule has 2 N–H and O–H groups in total.